The molecule has 1 saturated heterocycles. The van der Waals surface area contributed by atoms with Gasteiger partial charge < -0.3 is 15.4 Å². The second kappa shape index (κ2) is 7.25. The van der Waals surface area contributed by atoms with Gasteiger partial charge in [-0.3, -0.25) is 4.79 Å². The number of benzene rings is 1. The van der Waals surface area contributed by atoms with E-state index in [0.29, 0.717) is 13.1 Å². The van der Waals surface area contributed by atoms with Crippen LogP contribution in [0.4, 0.5) is 0 Å². The quantitative estimate of drug-likeness (QED) is 0.877. The minimum atomic E-state index is -0.841. The number of rotatable bonds is 6. The van der Waals surface area contributed by atoms with Crippen LogP contribution in [0.5, 0.6) is 0 Å². The highest BCUT2D eigenvalue weighted by molar-refractivity contribution is 5.85. The van der Waals surface area contributed by atoms with E-state index in [1.54, 1.807) is 13.8 Å². The predicted octanol–water partition coefficient (Wildman–Crippen LogP) is 2.28. The van der Waals surface area contributed by atoms with Crippen LogP contribution < -0.4 is 5.73 Å². The maximum Gasteiger partial charge on any atom is 0.242 e. The van der Waals surface area contributed by atoms with Gasteiger partial charge >= 0.3 is 0 Å². The lowest BCUT2D eigenvalue weighted by Crippen LogP contribution is -2.53. The first kappa shape index (κ1) is 17.0. The van der Waals surface area contributed by atoms with Crippen molar-refractivity contribution in [3.8, 4) is 0 Å². The first-order valence-electron chi connectivity index (χ1n) is 8.11. The number of nitrogens with two attached hydrogens (primary N) is 1. The van der Waals surface area contributed by atoms with Crippen molar-refractivity contribution in [2.75, 3.05) is 19.7 Å². The van der Waals surface area contributed by atoms with E-state index >= 15 is 0 Å². The van der Waals surface area contributed by atoms with Crippen molar-refractivity contribution in [1.82, 2.24) is 4.90 Å². The first-order chi connectivity index (χ1) is 10.4. The van der Waals surface area contributed by atoms with Gasteiger partial charge in [-0.05, 0) is 45.6 Å². The summed E-state index contributed by atoms with van der Waals surface area (Å²) in [6.07, 6.45) is 3.11. The Morgan fingerprint density at radius 1 is 1.36 bits per heavy atom. The van der Waals surface area contributed by atoms with E-state index in [9.17, 15) is 4.79 Å². The molecule has 0 saturated carbocycles. The van der Waals surface area contributed by atoms with Crippen molar-refractivity contribution in [2.24, 2.45) is 5.73 Å². The van der Waals surface area contributed by atoms with Gasteiger partial charge in [0, 0.05) is 19.7 Å². The van der Waals surface area contributed by atoms with Crippen LogP contribution in [-0.2, 0) is 16.0 Å². The fraction of sp³-hybridized carbons (Fsp3) is 0.611. The van der Waals surface area contributed by atoms with Gasteiger partial charge in [0.15, 0.2) is 0 Å². The average Bonchev–Trinajstić information content (AvgIpc) is 2.96. The molecular formula is C18H28N2O2. The molecule has 1 atom stereocenters. The molecule has 0 radical (unpaired) electrons. The molecule has 1 aromatic carbocycles. The molecule has 122 valence electrons. The van der Waals surface area contributed by atoms with Gasteiger partial charge in [0.25, 0.3) is 0 Å². The Labute approximate surface area is 133 Å². The molecule has 2 rings (SSSR count). The summed E-state index contributed by atoms with van der Waals surface area (Å²) < 4.78 is 5.68. The molecule has 22 heavy (non-hydrogen) atoms. The monoisotopic (exact) mass is 304 g/mol. The number of carbonyl (C=O) groups is 1. The number of hydrogen-bond acceptors (Lipinski definition) is 3. The molecule has 0 aliphatic carbocycles. The van der Waals surface area contributed by atoms with Crippen LogP contribution in [-0.4, -0.2) is 42.1 Å². The average molecular weight is 304 g/mol. The Balaban J connectivity index is 1.99. The van der Waals surface area contributed by atoms with Crippen molar-refractivity contribution in [2.45, 2.75) is 51.7 Å². The van der Waals surface area contributed by atoms with Crippen LogP contribution in [0, 0.1) is 6.92 Å². The number of carbonyl (C=O) groups excluding carboxylic acids is 1. The summed E-state index contributed by atoms with van der Waals surface area (Å²) in [5.41, 5.74) is 7.66. The third-order valence-corrected chi connectivity index (χ3v) is 4.08. The Morgan fingerprint density at radius 3 is 2.59 bits per heavy atom. The van der Waals surface area contributed by atoms with Gasteiger partial charge in [-0.25, -0.2) is 0 Å². The molecule has 1 unspecified atom stereocenters. The topological polar surface area (TPSA) is 55.6 Å². The molecule has 1 amide bonds. The minimum Gasteiger partial charge on any atom is -0.376 e. The molecule has 1 aliphatic heterocycles. The summed E-state index contributed by atoms with van der Waals surface area (Å²) in [6.45, 7) is 7.74. The Morgan fingerprint density at radius 2 is 2.05 bits per heavy atom. The Hall–Kier alpha value is -1.39. The zero-order chi connectivity index (χ0) is 16.2. The normalized spacial score (nSPS) is 18.5. The zero-order valence-electron chi connectivity index (χ0n) is 14.0. The Bertz CT molecular complexity index is 485. The molecule has 1 aliphatic rings. The van der Waals surface area contributed by atoms with Crippen LogP contribution >= 0.6 is 0 Å². The second-order valence-corrected chi connectivity index (χ2v) is 6.84. The molecular weight excluding hydrogens is 276 g/mol. The van der Waals surface area contributed by atoms with E-state index in [1.165, 1.54) is 11.1 Å². The molecule has 0 aromatic heterocycles. The van der Waals surface area contributed by atoms with Crippen LogP contribution in [0.1, 0.15) is 37.8 Å². The van der Waals surface area contributed by atoms with Crippen LogP contribution in [0.15, 0.2) is 24.3 Å². The maximum absolute atomic E-state index is 12.6. The smallest absolute Gasteiger partial charge is 0.242 e. The summed E-state index contributed by atoms with van der Waals surface area (Å²) in [5, 5.41) is 0. The predicted molar refractivity (Wildman–Crippen MR) is 88.7 cm³/mol. The first-order valence-corrected chi connectivity index (χ1v) is 8.11. The molecule has 2 N–H and O–H groups in total. The highest BCUT2D eigenvalue weighted by atomic mass is 16.5. The SMILES string of the molecule is Cc1ccc(CCN(CC2CCCO2)C(=O)C(C)(C)N)cc1. The van der Waals surface area contributed by atoms with Gasteiger partial charge in [0.2, 0.25) is 5.91 Å². The maximum atomic E-state index is 12.6. The van der Waals surface area contributed by atoms with E-state index in [1.807, 2.05) is 4.90 Å². The molecule has 4 heteroatoms. The molecule has 4 nitrogen and oxygen atoms in total. The Kier molecular flexibility index (Phi) is 5.59. The van der Waals surface area contributed by atoms with E-state index in [4.69, 9.17) is 10.5 Å². The number of hydrogen-bond donors (Lipinski definition) is 1. The third-order valence-electron chi connectivity index (χ3n) is 4.08. The van der Waals surface area contributed by atoms with Crippen molar-refractivity contribution in [3.63, 3.8) is 0 Å². The lowest BCUT2D eigenvalue weighted by Gasteiger charge is -2.31. The van der Waals surface area contributed by atoms with E-state index < -0.39 is 5.54 Å². The number of ether oxygens (including phenoxy) is 1. The highest BCUT2D eigenvalue weighted by Crippen LogP contribution is 2.16. The van der Waals surface area contributed by atoms with Gasteiger partial charge in [0.05, 0.1) is 11.6 Å². The molecule has 0 bridgehead atoms. The van der Waals surface area contributed by atoms with Crippen molar-refractivity contribution in [1.29, 1.82) is 0 Å². The van der Waals surface area contributed by atoms with Crippen LogP contribution in [0.25, 0.3) is 0 Å². The fourth-order valence-corrected chi connectivity index (χ4v) is 2.74. The molecule has 1 heterocycles. The number of aryl methyl sites for hydroxylation is 1. The third kappa shape index (κ3) is 4.82. The summed E-state index contributed by atoms with van der Waals surface area (Å²) in [7, 11) is 0. The fourth-order valence-electron chi connectivity index (χ4n) is 2.74. The van der Waals surface area contributed by atoms with Crippen molar-refractivity contribution >= 4 is 5.91 Å². The summed E-state index contributed by atoms with van der Waals surface area (Å²) in [5.74, 6) is -0.00453. The van der Waals surface area contributed by atoms with E-state index in [2.05, 4.69) is 31.2 Å². The van der Waals surface area contributed by atoms with Crippen molar-refractivity contribution in [3.05, 3.63) is 35.4 Å². The highest BCUT2D eigenvalue weighted by Gasteiger charge is 2.30. The number of nitrogens with zero attached hydrogens (tertiary/aromatic N) is 1. The summed E-state index contributed by atoms with van der Waals surface area (Å²) in [4.78, 5) is 14.4. The minimum absolute atomic E-state index is 0.00453. The van der Waals surface area contributed by atoms with Crippen LogP contribution in [0.2, 0.25) is 0 Å². The largest absolute Gasteiger partial charge is 0.376 e. The standard InChI is InChI=1S/C18H28N2O2/c1-14-6-8-15(9-7-14)10-11-20(17(21)18(2,3)19)13-16-5-4-12-22-16/h6-9,16H,4-5,10-13,19H2,1-3H3. The lowest BCUT2D eigenvalue weighted by molar-refractivity contribution is -0.137. The molecule has 1 fully saturated rings. The van der Waals surface area contributed by atoms with Crippen molar-refractivity contribution < 1.29 is 9.53 Å². The second-order valence-electron chi connectivity index (χ2n) is 6.84. The zero-order valence-corrected chi connectivity index (χ0v) is 14.0. The van der Waals surface area contributed by atoms with Gasteiger partial charge in [-0.2, -0.15) is 0 Å². The van der Waals surface area contributed by atoms with Gasteiger partial charge in [-0.15, -0.1) is 0 Å². The molecule has 1 aromatic rings. The number of amides is 1. The summed E-state index contributed by atoms with van der Waals surface area (Å²) >= 11 is 0. The van der Waals surface area contributed by atoms with E-state index in [0.717, 1.165) is 25.9 Å². The van der Waals surface area contributed by atoms with E-state index in [-0.39, 0.29) is 12.0 Å². The summed E-state index contributed by atoms with van der Waals surface area (Å²) in [6, 6.07) is 8.46. The van der Waals surface area contributed by atoms with Gasteiger partial charge in [-0.1, -0.05) is 29.8 Å². The van der Waals surface area contributed by atoms with Crippen LogP contribution in [0.3, 0.4) is 0 Å². The lowest BCUT2D eigenvalue weighted by atomic mass is 10.0. The van der Waals surface area contributed by atoms with Gasteiger partial charge in [0.1, 0.15) is 0 Å². The molecule has 0 spiro atoms.